The fourth-order valence-electron chi connectivity index (χ4n) is 2.62. The van der Waals surface area contributed by atoms with Gasteiger partial charge in [-0.15, -0.1) is 0 Å². The van der Waals surface area contributed by atoms with Gasteiger partial charge in [0.1, 0.15) is 5.82 Å². The number of alkyl halides is 3. The minimum absolute atomic E-state index is 0.0496. The van der Waals surface area contributed by atoms with E-state index in [9.17, 15) is 17.6 Å². The lowest BCUT2D eigenvalue weighted by Gasteiger charge is -2.38. The van der Waals surface area contributed by atoms with Gasteiger partial charge in [-0.3, -0.25) is 0 Å². The van der Waals surface area contributed by atoms with Gasteiger partial charge in [-0.2, -0.15) is 13.2 Å². The maximum Gasteiger partial charge on any atom is 0.391 e. The molecule has 0 amide bonds. The molecule has 0 aliphatic heterocycles. The van der Waals surface area contributed by atoms with Crippen molar-refractivity contribution >= 4 is 15.9 Å². The van der Waals surface area contributed by atoms with Crippen LogP contribution in [0, 0.1) is 11.7 Å². The zero-order valence-corrected chi connectivity index (χ0v) is 11.7. The highest BCUT2D eigenvalue weighted by molar-refractivity contribution is 9.10. The summed E-state index contributed by atoms with van der Waals surface area (Å²) < 4.78 is 52.1. The van der Waals surface area contributed by atoms with Gasteiger partial charge in [-0.25, -0.2) is 4.39 Å². The van der Waals surface area contributed by atoms with Crippen LogP contribution in [0.1, 0.15) is 31.2 Å². The van der Waals surface area contributed by atoms with Crippen molar-refractivity contribution in [3.05, 3.63) is 34.1 Å². The van der Waals surface area contributed by atoms with Gasteiger partial charge in [0.25, 0.3) is 0 Å². The van der Waals surface area contributed by atoms with E-state index in [0.717, 1.165) is 0 Å². The smallest absolute Gasteiger partial charge is 0.321 e. The van der Waals surface area contributed by atoms with E-state index in [1.54, 1.807) is 18.2 Å². The first-order chi connectivity index (χ1) is 8.74. The van der Waals surface area contributed by atoms with Crippen molar-refractivity contribution in [3.8, 4) is 0 Å². The molecule has 0 spiro atoms. The van der Waals surface area contributed by atoms with Crippen LogP contribution >= 0.6 is 15.9 Å². The molecule has 19 heavy (non-hydrogen) atoms. The summed E-state index contributed by atoms with van der Waals surface area (Å²) in [6, 6.07) is 4.74. The van der Waals surface area contributed by atoms with Crippen molar-refractivity contribution in [2.75, 3.05) is 0 Å². The van der Waals surface area contributed by atoms with E-state index < -0.39 is 23.5 Å². The first-order valence-electron chi connectivity index (χ1n) is 6.04. The Balaban J connectivity index is 2.21. The van der Waals surface area contributed by atoms with Crippen molar-refractivity contribution in [1.29, 1.82) is 0 Å². The first kappa shape index (κ1) is 14.8. The summed E-state index contributed by atoms with van der Waals surface area (Å²) in [6.07, 6.45) is -4.00. The summed E-state index contributed by atoms with van der Waals surface area (Å²) in [5.74, 6) is -1.80. The molecule has 2 rings (SSSR count). The lowest BCUT2D eigenvalue weighted by molar-refractivity contribution is -0.184. The molecule has 1 saturated carbocycles. The predicted molar refractivity (Wildman–Crippen MR) is 68.0 cm³/mol. The van der Waals surface area contributed by atoms with E-state index in [1.165, 1.54) is 0 Å². The summed E-state index contributed by atoms with van der Waals surface area (Å²) in [7, 11) is 0. The Morgan fingerprint density at radius 1 is 1.21 bits per heavy atom. The molecule has 106 valence electrons. The molecule has 1 aromatic carbocycles. The minimum atomic E-state index is -4.18. The second-order valence-corrected chi connectivity index (χ2v) is 5.93. The summed E-state index contributed by atoms with van der Waals surface area (Å²) in [4.78, 5) is 0. The number of hydrogen-bond acceptors (Lipinski definition) is 1. The normalized spacial score (nSPS) is 28.4. The van der Waals surface area contributed by atoms with Crippen LogP contribution in [0.15, 0.2) is 22.7 Å². The first-order valence-corrected chi connectivity index (χ1v) is 6.83. The molecule has 1 aliphatic rings. The van der Waals surface area contributed by atoms with Crippen LogP contribution in [0.3, 0.4) is 0 Å². The minimum Gasteiger partial charge on any atom is -0.321 e. The van der Waals surface area contributed by atoms with Crippen LogP contribution in [0.2, 0.25) is 0 Å². The molecule has 0 aromatic heterocycles. The Labute approximate surface area is 117 Å². The highest BCUT2D eigenvalue weighted by atomic mass is 79.9. The van der Waals surface area contributed by atoms with Crippen molar-refractivity contribution in [1.82, 2.24) is 0 Å². The van der Waals surface area contributed by atoms with Crippen LogP contribution in [-0.4, -0.2) is 6.18 Å². The fraction of sp³-hybridized carbons (Fsp3) is 0.538. The van der Waals surface area contributed by atoms with Crippen molar-refractivity contribution in [3.63, 3.8) is 0 Å². The van der Waals surface area contributed by atoms with Crippen LogP contribution in [0.25, 0.3) is 0 Å². The van der Waals surface area contributed by atoms with Crippen LogP contribution < -0.4 is 5.73 Å². The Morgan fingerprint density at radius 3 is 2.32 bits per heavy atom. The molecular formula is C13H14BrF4N. The summed E-state index contributed by atoms with van der Waals surface area (Å²) in [5.41, 5.74) is 5.42. The van der Waals surface area contributed by atoms with Crippen molar-refractivity contribution in [2.24, 2.45) is 11.7 Å². The van der Waals surface area contributed by atoms with E-state index in [0.29, 0.717) is 5.56 Å². The third-order valence-corrected chi connectivity index (χ3v) is 4.44. The van der Waals surface area contributed by atoms with E-state index in [2.05, 4.69) is 15.9 Å². The van der Waals surface area contributed by atoms with Crippen molar-refractivity contribution < 1.29 is 17.6 Å². The molecule has 0 unspecified atom stereocenters. The summed E-state index contributed by atoms with van der Waals surface area (Å²) in [6.45, 7) is 0. The molecular weight excluding hydrogens is 326 g/mol. The zero-order chi connectivity index (χ0) is 14.3. The van der Waals surface area contributed by atoms with Gasteiger partial charge < -0.3 is 5.73 Å². The zero-order valence-electron chi connectivity index (χ0n) is 10.1. The lowest BCUT2D eigenvalue weighted by Crippen LogP contribution is -2.43. The van der Waals surface area contributed by atoms with E-state index in [1.807, 2.05) is 0 Å². The second kappa shape index (κ2) is 5.05. The predicted octanol–water partition coefficient (Wildman–Crippen LogP) is 4.49. The highest BCUT2D eigenvalue weighted by Crippen LogP contribution is 2.44. The number of halogens is 5. The number of hydrogen-bond donors (Lipinski definition) is 1. The Kier molecular flexibility index (Phi) is 3.93. The monoisotopic (exact) mass is 339 g/mol. The van der Waals surface area contributed by atoms with Gasteiger partial charge in [-0.1, -0.05) is 12.1 Å². The topological polar surface area (TPSA) is 26.0 Å². The molecule has 0 radical (unpaired) electrons. The molecule has 1 fully saturated rings. The van der Waals surface area contributed by atoms with Crippen LogP contribution in [-0.2, 0) is 5.54 Å². The van der Waals surface area contributed by atoms with Gasteiger partial charge in [0.2, 0.25) is 0 Å². The molecule has 0 atom stereocenters. The lowest BCUT2D eigenvalue weighted by atomic mass is 9.73. The van der Waals surface area contributed by atoms with Crippen molar-refractivity contribution in [2.45, 2.75) is 37.4 Å². The number of nitrogens with two attached hydrogens (primary N) is 1. The summed E-state index contributed by atoms with van der Waals surface area (Å²) >= 11 is 3.07. The standard InChI is InChI=1S/C13H14BrF4N/c14-10-3-1-2-9(11(10)15)12(19)6-4-8(5-7-12)13(16,17)18/h1-3,8H,4-7,19H2. The number of rotatable bonds is 1. The Morgan fingerprint density at radius 2 is 1.79 bits per heavy atom. The number of benzene rings is 1. The molecule has 1 aliphatic carbocycles. The Bertz CT molecular complexity index is 464. The van der Waals surface area contributed by atoms with Gasteiger partial charge >= 0.3 is 6.18 Å². The molecule has 1 aromatic rings. The van der Waals surface area contributed by atoms with Crippen LogP contribution in [0.4, 0.5) is 17.6 Å². The Hall–Kier alpha value is -0.620. The molecule has 0 saturated heterocycles. The SMILES string of the molecule is NC1(c2cccc(Br)c2F)CCC(C(F)(F)F)CC1. The van der Waals surface area contributed by atoms with Gasteiger partial charge in [0.05, 0.1) is 10.4 Å². The second-order valence-electron chi connectivity index (χ2n) is 5.07. The van der Waals surface area contributed by atoms with Crippen LogP contribution in [0.5, 0.6) is 0 Å². The largest absolute Gasteiger partial charge is 0.391 e. The average molecular weight is 340 g/mol. The molecule has 1 nitrogen and oxygen atoms in total. The fourth-order valence-corrected chi connectivity index (χ4v) is 2.98. The summed E-state index contributed by atoms with van der Waals surface area (Å²) in [5, 5.41) is 0. The van der Waals surface area contributed by atoms with Gasteiger partial charge in [0, 0.05) is 11.1 Å². The highest BCUT2D eigenvalue weighted by Gasteiger charge is 2.45. The average Bonchev–Trinajstić information content (AvgIpc) is 2.32. The van der Waals surface area contributed by atoms with E-state index in [-0.39, 0.29) is 30.2 Å². The molecule has 2 N–H and O–H groups in total. The maximum absolute atomic E-state index is 14.0. The molecule has 0 heterocycles. The van der Waals surface area contributed by atoms with Gasteiger partial charge in [0.15, 0.2) is 0 Å². The molecule has 0 bridgehead atoms. The molecule has 6 heteroatoms. The van der Waals surface area contributed by atoms with Gasteiger partial charge in [-0.05, 0) is 47.7 Å². The van der Waals surface area contributed by atoms with E-state index >= 15 is 0 Å². The third kappa shape index (κ3) is 2.94. The van der Waals surface area contributed by atoms with E-state index in [4.69, 9.17) is 5.73 Å². The third-order valence-electron chi connectivity index (χ3n) is 3.83. The quantitative estimate of drug-likeness (QED) is 0.749. The maximum atomic E-state index is 14.0.